The van der Waals surface area contributed by atoms with Crippen molar-refractivity contribution in [3.8, 4) is 5.75 Å². The molecule has 2 aromatic carbocycles. The summed E-state index contributed by atoms with van der Waals surface area (Å²) in [6, 6.07) is 9.45. The summed E-state index contributed by atoms with van der Waals surface area (Å²) >= 11 is 0. The van der Waals surface area contributed by atoms with Crippen LogP contribution in [0.15, 0.2) is 36.4 Å². The lowest BCUT2D eigenvalue weighted by Crippen LogP contribution is -2.33. The Morgan fingerprint density at radius 3 is 2.76 bits per heavy atom. The highest BCUT2D eigenvalue weighted by molar-refractivity contribution is 6.01. The zero-order chi connectivity index (χ0) is 20.4. The first-order valence-electron chi connectivity index (χ1n) is 9.48. The van der Waals surface area contributed by atoms with E-state index in [1.54, 1.807) is 17.0 Å². The Labute approximate surface area is 168 Å². The van der Waals surface area contributed by atoms with Crippen LogP contribution in [0, 0.1) is 12.4 Å². The second-order valence-electron chi connectivity index (χ2n) is 7.17. The minimum absolute atomic E-state index is 0.0962. The number of rotatable bonds is 5. The number of methoxy groups -OCH3 is 1. The van der Waals surface area contributed by atoms with E-state index in [-0.39, 0.29) is 11.8 Å². The van der Waals surface area contributed by atoms with Crippen molar-refractivity contribution < 1.29 is 13.9 Å². The molecule has 2 aliphatic heterocycles. The van der Waals surface area contributed by atoms with E-state index in [9.17, 15) is 9.18 Å². The van der Waals surface area contributed by atoms with Crippen molar-refractivity contribution >= 4 is 23.0 Å². The van der Waals surface area contributed by atoms with Crippen molar-refractivity contribution in [1.82, 2.24) is 10.9 Å². The van der Waals surface area contributed by atoms with E-state index in [1.807, 2.05) is 12.1 Å². The molecule has 2 heterocycles. The number of nitrogens with one attached hydrogen (secondary N) is 3. The topological polar surface area (TPSA) is 70.0 Å². The summed E-state index contributed by atoms with van der Waals surface area (Å²) in [6.45, 7) is 9.61. The molecule has 8 heteroatoms. The third-order valence-corrected chi connectivity index (χ3v) is 5.36. The summed E-state index contributed by atoms with van der Waals surface area (Å²) < 4.78 is 18.8. The van der Waals surface area contributed by atoms with Gasteiger partial charge in [-0.25, -0.2) is 9.24 Å². The van der Waals surface area contributed by atoms with E-state index in [2.05, 4.69) is 21.0 Å². The lowest BCUT2D eigenvalue weighted by molar-refractivity contribution is -0.117. The second-order valence-corrected chi connectivity index (χ2v) is 7.17. The predicted molar refractivity (Wildman–Crippen MR) is 109 cm³/mol. The Bertz CT molecular complexity index is 968. The highest BCUT2D eigenvalue weighted by atomic mass is 19.1. The van der Waals surface area contributed by atoms with E-state index >= 15 is 0 Å². The number of halogens is 1. The maximum Gasteiger partial charge on any atom is 0.249 e. The Balaban J connectivity index is 1.51. The maximum absolute atomic E-state index is 13.7. The van der Waals surface area contributed by atoms with E-state index in [4.69, 9.17) is 11.3 Å². The fourth-order valence-corrected chi connectivity index (χ4v) is 3.86. The fraction of sp³-hybridized carbons (Fsp3) is 0.333. The molecule has 7 nitrogen and oxygen atoms in total. The van der Waals surface area contributed by atoms with Crippen LogP contribution in [0.1, 0.15) is 17.9 Å². The number of hydrogen-bond donors (Lipinski definition) is 3. The Morgan fingerprint density at radius 2 is 2.03 bits per heavy atom. The smallest absolute Gasteiger partial charge is 0.249 e. The van der Waals surface area contributed by atoms with E-state index in [0.29, 0.717) is 35.8 Å². The van der Waals surface area contributed by atoms with Gasteiger partial charge in [0, 0.05) is 49.1 Å². The molecule has 1 atom stereocenters. The van der Waals surface area contributed by atoms with Crippen LogP contribution >= 0.6 is 0 Å². The van der Waals surface area contributed by atoms with Gasteiger partial charge in [-0.3, -0.25) is 15.6 Å². The van der Waals surface area contributed by atoms with Crippen molar-refractivity contribution in [3.63, 3.8) is 0 Å². The monoisotopic (exact) mass is 395 g/mol. The molecular formula is C21H22FN5O2. The molecular weight excluding hydrogens is 373 g/mol. The molecule has 0 radical (unpaired) electrons. The van der Waals surface area contributed by atoms with Crippen LogP contribution in [0.2, 0.25) is 0 Å². The Morgan fingerprint density at radius 1 is 1.24 bits per heavy atom. The zero-order valence-electron chi connectivity index (χ0n) is 16.0. The van der Waals surface area contributed by atoms with Gasteiger partial charge in [0.15, 0.2) is 5.69 Å². The van der Waals surface area contributed by atoms with Crippen molar-refractivity contribution in [2.45, 2.75) is 18.4 Å². The average molecular weight is 395 g/mol. The highest BCUT2D eigenvalue weighted by Crippen LogP contribution is 2.34. The Kier molecular flexibility index (Phi) is 5.34. The number of carbonyl (C=O) groups is 1. The summed E-state index contributed by atoms with van der Waals surface area (Å²) in [5, 5.41) is 3.10. The zero-order valence-corrected chi connectivity index (χ0v) is 16.0. The lowest BCUT2D eigenvalue weighted by Gasteiger charge is -2.20. The molecule has 2 saturated heterocycles. The third-order valence-electron chi connectivity index (χ3n) is 5.36. The SMILES string of the molecule is [C-]#[N+]c1cc(N2CCC(Nc3cc(F)cc(OC)c3)C2=O)ccc1C1CNNC1. The van der Waals surface area contributed by atoms with E-state index in [1.165, 1.54) is 19.2 Å². The molecule has 0 aromatic heterocycles. The standard InChI is InChI=1S/C21H22FN5O2/c1-23-20-10-16(3-4-18(20)13-11-24-25-12-13)27-6-5-19(21(27)28)26-15-7-14(22)8-17(9-15)29-2/h3-4,7-10,13,19,24-26H,5-6,11-12H2,2H3. The van der Waals surface area contributed by atoms with Gasteiger partial charge in [-0.15, -0.1) is 0 Å². The number of amides is 1. The molecule has 2 aliphatic rings. The van der Waals surface area contributed by atoms with Gasteiger partial charge in [0.1, 0.15) is 17.6 Å². The quantitative estimate of drug-likeness (QED) is 0.680. The molecule has 29 heavy (non-hydrogen) atoms. The van der Waals surface area contributed by atoms with Crippen molar-refractivity contribution in [2.24, 2.45) is 0 Å². The molecule has 0 aliphatic carbocycles. The number of anilines is 2. The number of ether oxygens (including phenoxy) is 1. The fourth-order valence-electron chi connectivity index (χ4n) is 3.86. The molecule has 2 aromatic rings. The number of benzene rings is 2. The molecule has 1 amide bonds. The third kappa shape index (κ3) is 3.88. The number of carbonyl (C=O) groups excluding carboxylic acids is 1. The van der Waals surface area contributed by atoms with Gasteiger partial charge in [0.25, 0.3) is 0 Å². The summed E-state index contributed by atoms with van der Waals surface area (Å²) in [5.41, 5.74) is 8.92. The highest BCUT2D eigenvalue weighted by Gasteiger charge is 2.33. The second kappa shape index (κ2) is 8.07. The molecule has 3 N–H and O–H groups in total. The largest absolute Gasteiger partial charge is 0.497 e. The first kappa shape index (κ1) is 19.2. The van der Waals surface area contributed by atoms with Gasteiger partial charge in [-0.05, 0) is 30.2 Å². The first-order chi connectivity index (χ1) is 14.1. The predicted octanol–water partition coefficient (Wildman–Crippen LogP) is 2.79. The van der Waals surface area contributed by atoms with Crippen LogP contribution in [-0.2, 0) is 4.79 Å². The molecule has 4 rings (SSSR count). The van der Waals surface area contributed by atoms with E-state index < -0.39 is 11.9 Å². The molecule has 150 valence electrons. The molecule has 2 fully saturated rings. The van der Waals surface area contributed by atoms with Gasteiger partial charge >= 0.3 is 0 Å². The van der Waals surface area contributed by atoms with Crippen LogP contribution in [0.25, 0.3) is 4.85 Å². The van der Waals surface area contributed by atoms with Crippen LogP contribution in [0.5, 0.6) is 5.75 Å². The van der Waals surface area contributed by atoms with Gasteiger partial charge in [-0.1, -0.05) is 6.07 Å². The molecule has 0 bridgehead atoms. The number of hydrogen-bond acceptors (Lipinski definition) is 5. The molecule has 0 saturated carbocycles. The van der Waals surface area contributed by atoms with Crippen molar-refractivity contribution in [2.75, 3.05) is 37.0 Å². The number of hydrazine groups is 1. The number of nitrogens with zero attached hydrogens (tertiary/aromatic N) is 2. The van der Waals surface area contributed by atoms with Crippen molar-refractivity contribution in [1.29, 1.82) is 0 Å². The summed E-state index contributed by atoms with van der Waals surface area (Å²) in [5.74, 6) is 0.103. The van der Waals surface area contributed by atoms with Crippen molar-refractivity contribution in [3.05, 3.63) is 59.2 Å². The molecule has 0 spiro atoms. The lowest BCUT2D eigenvalue weighted by atomic mass is 9.98. The van der Waals surface area contributed by atoms with Gasteiger partial charge < -0.3 is 15.0 Å². The van der Waals surface area contributed by atoms with Gasteiger partial charge in [0.2, 0.25) is 5.91 Å². The molecule has 1 unspecified atom stereocenters. The minimum atomic E-state index is -0.458. The van der Waals surface area contributed by atoms with Gasteiger partial charge in [0.05, 0.1) is 13.7 Å². The normalized spacial score (nSPS) is 19.4. The van der Waals surface area contributed by atoms with Crippen LogP contribution in [-0.4, -0.2) is 38.7 Å². The van der Waals surface area contributed by atoms with Crippen LogP contribution in [0.4, 0.5) is 21.5 Å². The maximum atomic E-state index is 13.7. The van der Waals surface area contributed by atoms with Gasteiger partial charge in [-0.2, -0.15) is 0 Å². The first-order valence-corrected chi connectivity index (χ1v) is 9.48. The summed E-state index contributed by atoms with van der Waals surface area (Å²) in [7, 11) is 1.47. The van der Waals surface area contributed by atoms with Crippen LogP contribution < -0.4 is 25.8 Å². The Hall–Kier alpha value is -3.15. The summed E-state index contributed by atoms with van der Waals surface area (Å²) in [6.07, 6.45) is 0.587. The average Bonchev–Trinajstić information content (AvgIpc) is 3.38. The van der Waals surface area contributed by atoms with E-state index in [0.717, 1.165) is 18.7 Å². The summed E-state index contributed by atoms with van der Waals surface area (Å²) in [4.78, 5) is 18.3. The minimum Gasteiger partial charge on any atom is -0.497 e. The van der Waals surface area contributed by atoms with Crippen LogP contribution in [0.3, 0.4) is 0 Å².